The van der Waals surface area contributed by atoms with Gasteiger partial charge >= 0.3 is 6.09 Å². The average molecular weight is 237 g/mol. The number of hydrogen-bond acceptors (Lipinski definition) is 2. The standard InChI is InChI=1S/C10H20N2O2.ClH/c1-10(2,3)8-6-7(11)4-5-12(8)9(13)14;/h7-8H,4-6,11H2,1-3H3,(H,13,14);1H. The Balaban J connectivity index is 0.00000196. The Hall–Kier alpha value is -0.480. The molecular formula is C10H21ClN2O2. The van der Waals surface area contributed by atoms with Gasteiger partial charge in [-0.3, -0.25) is 0 Å². The second-order valence-corrected chi connectivity index (χ2v) is 5.14. The van der Waals surface area contributed by atoms with Gasteiger partial charge in [0, 0.05) is 18.6 Å². The zero-order chi connectivity index (χ0) is 10.9. The predicted molar refractivity (Wildman–Crippen MR) is 62.4 cm³/mol. The molecule has 1 amide bonds. The molecule has 2 unspecified atom stereocenters. The fraction of sp³-hybridized carbons (Fsp3) is 0.900. The molecule has 4 nitrogen and oxygen atoms in total. The molecule has 2 atom stereocenters. The van der Waals surface area contributed by atoms with E-state index in [1.807, 2.05) is 0 Å². The molecule has 1 saturated heterocycles. The molecule has 0 aromatic rings. The Morgan fingerprint density at radius 1 is 1.47 bits per heavy atom. The molecule has 1 aliphatic heterocycles. The van der Waals surface area contributed by atoms with Crippen LogP contribution < -0.4 is 5.73 Å². The Bertz CT molecular complexity index is 228. The summed E-state index contributed by atoms with van der Waals surface area (Å²) in [6.45, 7) is 6.75. The van der Waals surface area contributed by atoms with E-state index in [0.29, 0.717) is 6.54 Å². The van der Waals surface area contributed by atoms with E-state index in [2.05, 4.69) is 20.8 Å². The van der Waals surface area contributed by atoms with Crippen molar-refractivity contribution < 1.29 is 9.90 Å². The van der Waals surface area contributed by atoms with E-state index < -0.39 is 6.09 Å². The van der Waals surface area contributed by atoms with Gasteiger partial charge in [-0.05, 0) is 18.3 Å². The van der Waals surface area contributed by atoms with Crippen LogP contribution in [0.5, 0.6) is 0 Å². The minimum Gasteiger partial charge on any atom is -0.465 e. The maximum absolute atomic E-state index is 11.0. The van der Waals surface area contributed by atoms with Gasteiger partial charge in [-0.1, -0.05) is 20.8 Å². The first-order valence-corrected chi connectivity index (χ1v) is 5.07. The fourth-order valence-electron chi connectivity index (χ4n) is 2.04. The Labute approximate surface area is 97.2 Å². The minimum atomic E-state index is -0.822. The van der Waals surface area contributed by atoms with E-state index in [1.54, 1.807) is 0 Å². The summed E-state index contributed by atoms with van der Waals surface area (Å²) in [5.41, 5.74) is 5.83. The number of nitrogens with zero attached hydrogens (tertiary/aromatic N) is 1. The molecule has 1 heterocycles. The zero-order valence-corrected chi connectivity index (χ0v) is 10.4. The van der Waals surface area contributed by atoms with Crippen LogP contribution in [0.15, 0.2) is 0 Å². The van der Waals surface area contributed by atoms with E-state index >= 15 is 0 Å². The minimum absolute atomic E-state index is 0. The molecule has 1 aliphatic rings. The molecule has 3 N–H and O–H groups in total. The molecule has 0 aromatic carbocycles. The smallest absolute Gasteiger partial charge is 0.407 e. The van der Waals surface area contributed by atoms with Crippen molar-refractivity contribution in [3.63, 3.8) is 0 Å². The second kappa shape index (κ2) is 5.03. The molecule has 0 aromatic heterocycles. The summed E-state index contributed by atoms with van der Waals surface area (Å²) in [5.74, 6) is 0. The topological polar surface area (TPSA) is 66.6 Å². The summed E-state index contributed by atoms with van der Waals surface area (Å²) in [5, 5.41) is 9.04. The highest BCUT2D eigenvalue weighted by atomic mass is 35.5. The molecule has 0 aliphatic carbocycles. The highest BCUT2D eigenvalue weighted by Crippen LogP contribution is 2.31. The number of hydrogen-bond donors (Lipinski definition) is 2. The zero-order valence-electron chi connectivity index (χ0n) is 9.56. The predicted octanol–water partition coefficient (Wildman–Crippen LogP) is 1.92. The van der Waals surface area contributed by atoms with E-state index in [4.69, 9.17) is 10.8 Å². The van der Waals surface area contributed by atoms with Gasteiger partial charge in [0.15, 0.2) is 0 Å². The number of rotatable bonds is 0. The SMILES string of the molecule is CC(C)(C)C1CC(N)CCN1C(=O)O.Cl. The molecule has 0 spiro atoms. The summed E-state index contributed by atoms with van der Waals surface area (Å²) < 4.78 is 0. The van der Waals surface area contributed by atoms with Crippen molar-refractivity contribution in [3.8, 4) is 0 Å². The van der Waals surface area contributed by atoms with Crippen LogP contribution in [0, 0.1) is 5.41 Å². The van der Waals surface area contributed by atoms with Crippen molar-refractivity contribution in [1.82, 2.24) is 4.90 Å². The molecule has 90 valence electrons. The molecule has 15 heavy (non-hydrogen) atoms. The van der Waals surface area contributed by atoms with E-state index in [1.165, 1.54) is 4.90 Å². The molecule has 5 heteroatoms. The fourth-order valence-corrected chi connectivity index (χ4v) is 2.04. The van der Waals surface area contributed by atoms with Gasteiger partial charge in [-0.2, -0.15) is 0 Å². The van der Waals surface area contributed by atoms with Crippen LogP contribution in [-0.2, 0) is 0 Å². The quantitative estimate of drug-likeness (QED) is 0.675. The van der Waals surface area contributed by atoms with Crippen LogP contribution in [0.1, 0.15) is 33.6 Å². The van der Waals surface area contributed by atoms with Crippen molar-refractivity contribution in [3.05, 3.63) is 0 Å². The van der Waals surface area contributed by atoms with E-state index in [9.17, 15) is 4.79 Å². The van der Waals surface area contributed by atoms with Crippen LogP contribution in [0.25, 0.3) is 0 Å². The Kier molecular flexibility index (Phi) is 4.87. The van der Waals surface area contributed by atoms with Crippen LogP contribution >= 0.6 is 12.4 Å². The number of likely N-dealkylation sites (tertiary alicyclic amines) is 1. The summed E-state index contributed by atoms with van der Waals surface area (Å²) in [6.07, 6.45) is 0.728. The van der Waals surface area contributed by atoms with Gasteiger partial charge in [0.1, 0.15) is 0 Å². The van der Waals surface area contributed by atoms with E-state index in [-0.39, 0.29) is 29.9 Å². The van der Waals surface area contributed by atoms with Gasteiger partial charge in [-0.15, -0.1) is 12.4 Å². The molecule has 0 radical (unpaired) electrons. The third-order valence-corrected chi connectivity index (χ3v) is 2.89. The average Bonchev–Trinajstić information content (AvgIpc) is 2.01. The molecular weight excluding hydrogens is 216 g/mol. The largest absolute Gasteiger partial charge is 0.465 e. The molecule has 1 rings (SSSR count). The number of nitrogens with two attached hydrogens (primary N) is 1. The van der Waals surface area contributed by atoms with Gasteiger partial charge < -0.3 is 15.7 Å². The first-order chi connectivity index (χ1) is 6.32. The number of carboxylic acid groups (broad SMARTS) is 1. The van der Waals surface area contributed by atoms with Gasteiger partial charge in [-0.25, -0.2) is 4.79 Å². The van der Waals surface area contributed by atoms with Gasteiger partial charge in [0.25, 0.3) is 0 Å². The normalized spacial score (nSPS) is 27.1. The first kappa shape index (κ1) is 14.5. The van der Waals surface area contributed by atoms with E-state index in [0.717, 1.165) is 12.8 Å². The summed E-state index contributed by atoms with van der Waals surface area (Å²) in [6, 6.07) is 0.193. The van der Waals surface area contributed by atoms with Crippen molar-refractivity contribution >= 4 is 18.5 Å². The third kappa shape index (κ3) is 3.54. The maximum Gasteiger partial charge on any atom is 0.407 e. The van der Waals surface area contributed by atoms with Crippen molar-refractivity contribution in [2.75, 3.05) is 6.54 Å². The van der Waals surface area contributed by atoms with Crippen LogP contribution in [0.4, 0.5) is 4.79 Å². The van der Waals surface area contributed by atoms with Crippen LogP contribution in [0.2, 0.25) is 0 Å². The van der Waals surface area contributed by atoms with Gasteiger partial charge in [0.05, 0.1) is 0 Å². The van der Waals surface area contributed by atoms with Crippen molar-refractivity contribution in [1.29, 1.82) is 0 Å². The van der Waals surface area contributed by atoms with Crippen LogP contribution in [0.3, 0.4) is 0 Å². The second-order valence-electron chi connectivity index (χ2n) is 5.14. The lowest BCUT2D eigenvalue weighted by Gasteiger charge is -2.43. The Morgan fingerprint density at radius 3 is 2.40 bits per heavy atom. The Morgan fingerprint density at radius 2 is 2.00 bits per heavy atom. The molecule has 1 fully saturated rings. The van der Waals surface area contributed by atoms with Crippen molar-refractivity contribution in [2.24, 2.45) is 11.1 Å². The number of amides is 1. The highest BCUT2D eigenvalue weighted by molar-refractivity contribution is 5.85. The van der Waals surface area contributed by atoms with Crippen molar-refractivity contribution in [2.45, 2.75) is 45.7 Å². The summed E-state index contributed by atoms with van der Waals surface area (Å²) >= 11 is 0. The number of halogens is 1. The summed E-state index contributed by atoms with van der Waals surface area (Å²) in [7, 11) is 0. The number of carbonyl (C=O) groups is 1. The molecule has 0 saturated carbocycles. The monoisotopic (exact) mass is 236 g/mol. The third-order valence-electron chi connectivity index (χ3n) is 2.89. The van der Waals surface area contributed by atoms with Crippen LogP contribution in [-0.4, -0.2) is 34.7 Å². The lowest BCUT2D eigenvalue weighted by molar-refractivity contribution is 0.0535. The summed E-state index contributed by atoms with van der Waals surface area (Å²) in [4.78, 5) is 12.5. The number of piperidine rings is 1. The maximum atomic E-state index is 11.0. The lowest BCUT2D eigenvalue weighted by Crippen LogP contribution is -2.54. The van der Waals surface area contributed by atoms with Gasteiger partial charge in [0.2, 0.25) is 0 Å². The molecule has 0 bridgehead atoms. The lowest BCUT2D eigenvalue weighted by atomic mass is 9.79. The highest BCUT2D eigenvalue weighted by Gasteiger charge is 2.37. The first-order valence-electron chi connectivity index (χ1n) is 5.07.